The maximum absolute atomic E-state index is 11.4. The highest BCUT2D eigenvalue weighted by atomic mass is 32.2. The second-order valence-corrected chi connectivity index (χ2v) is 5.24. The van der Waals surface area contributed by atoms with Gasteiger partial charge in [-0.25, -0.2) is 9.79 Å². The van der Waals surface area contributed by atoms with E-state index in [-0.39, 0.29) is 0 Å². The monoisotopic (exact) mass is 341 g/mol. The largest absolute Gasteiger partial charge is 0.465 e. The Labute approximate surface area is 144 Å². The van der Waals surface area contributed by atoms with Crippen molar-refractivity contribution in [1.82, 2.24) is 5.32 Å². The van der Waals surface area contributed by atoms with Gasteiger partial charge >= 0.3 is 5.97 Å². The summed E-state index contributed by atoms with van der Waals surface area (Å²) in [5.41, 5.74) is 1.03. The molecule has 2 rings (SSSR count). The number of hydrogen-bond donors (Lipinski definition) is 1. The standard InChI is InChI=1S/C17H15N3O3S/c1-22-16(21)12-7-9-13(10-8-12)23-15-6-4-3-5-14(15)20-17(24-2)19-11-18/h3-10H,1-2H3,(H,19,20). The Kier molecular flexibility index (Phi) is 6.23. The number of nitrogens with zero attached hydrogens (tertiary/aromatic N) is 2. The van der Waals surface area contributed by atoms with Gasteiger partial charge in [-0.05, 0) is 42.7 Å². The third-order valence-corrected chi connectivity index (χ3v) is 3.53. The summed E-state index contributed by atoms with van der Waals surface area (Å²) in [7, 11) is 1.33. The van der Waals surface area contributed by atoms with Gasteiger partial charge in [0.15, 0.2) is 17.1 Å². The molecule has 0 heterocycles. The number of hydrogen-bond acceptors (Lipinski definition) is 6. The van der Waals surface area contributed by atoms with Gasteiger partial charge in [-0.1, -0.05) is 23.9 Å². The summed E-state index contributed by atoms with van der Waals surface area (Å²) in [4.78, 5) is 15.8. The van der Waals surface area contributed by atoms with Crippen LogP contribution in [0.4, 0.5) is 5.69 Å². The molecule has 2 aromatic rings. The van der Waals surface area contributed by atoms with Gasteiger partial charge in [-0.2, -0.15) is 5.26 Å². The van der Waals surface area contributed by atoms with Crippen molar-refractivity contribution >= 4 is 28.6 Å². The van der Waals surface area contributed by atoms with Crippen molar-refractivity contribution in [3.05, 3.63) is 54.1 Å². The lowest BCUT2D eigenvalue weighted by molar-refractivity contribution is 0.0600. The van der Waals surface area contributed by atoms with Crippen molar-refractivity contribution in [3.63, 3.8) is 0 Å². The number of para-hydroxylation sites is 2. The summed E-state index contributed by atoms with van der Waals surface area (Å²) < 4.78 is 10.5. The molecule has 0 aliphatic rings. The second-order valence-electron chi connectivity index (χ2n) is 4.44. The van der Waals surface area contributed by atoms with E-state index in [1.165, 1.54) is 18.9 Å². The molecule has 0 fully saturated rings. The Morgan fingerprint density at radius 3 is 2.54 bits per heavy atom. The summed E-state index contributed by atoms with van der Waals surface area (Å²) in [5.74, 6) is 0.692. The normalized spacial score (nSPS) is 10.6. The molecule has 0 aromatic heterocycles. The molecule has 0 aliphatic heterocycles. The van der Waals surface area contributed by atoms with E-state index in [0.717, 1.165) is 0 Å². The lowest BCUT2D eigenvalue weighted by Crippen LogP contribution is -2.12. The number of benzene rings is 2. The first-order valence-electron chi connectivity index (χ1n) is 6.91. The third-order valence-electron chi connectivity index (χ3n) is 2.95. The zero-order valence-electron chi connectivity index (χ0n) is 13.1. The van der Waals surface area contributed by atoms with Crippen LogP contribution in [-0.4, -0.2) is 24.5 Å². The number of carbonyl (C=O) groups excluding carboxylic acids is 1. The summed E-state index contributed by atoms with van der Waals surface area (Å²) >= 11 is 1.32. The minimum atomic E-state index is -0.404. The molecule has 122 valence electrons. The van der Waals surface area contributed by atoms with E-state index >= 15 is 0 Å². The first-order valence-corrected chi connectivity index (χ1v) is 8.13. The van der Waals surface area contributed by atoms with E-state index in [9.17, 15) is 4.79 Å². The van der Waals surface area contributed by atoms with Crippen LogP contribution in [0, 0.1) is 11.5 Å². The maximum Gasteiger partial charge on any atom is 0.337 e. The molecule has 0 spiro atoms. The fourth-order valence-corrected chi connectivity index (χ4v) is 2.16. The topological polar surface area (TPSA) is 83.7 Å². The molecular formula is C17H15N3O3S. The molecule has 0 aliphatic carbocycles. The SMILES string of the molecule is COC(=O)c1ccc(Oc2ccccc2N=C(NC#N)SC)cc1. The van der Waals surface area contributed by atoms with Gasteiger partial charge in [-0.15, -0.1) is 0 Å². The zero-order chi connectivity index (χ0) is 17.4. The van der Waals surface area contributed by atoms with Crippen LogP contribution in [0.15, 0.2) is 53.5 Å². The number of esters is 1. The maximum atomic E-state index is 11.4. The minimum Gasteiger partial charge on any atom is -0.465 e. The Morgan fingerprint density at radius 1 is 1.21 bits per heavy atom. The Morgan fingerprint density at radius 2 is 1.92 bits per heavy atom. The van der Waals surface area contributed by atoms with Crippen molar-refractivity contribution in [1.29, 1.82) is 5.26 Å². The Hall–Kier alpha value is -2.98. The van der Waals surface area contributed by atoms with E-state index in [0.29, 0.717) is 27.9 Å². The average molecular weight is 341 g/mol. The Balaban J connectivity index is 2.24. The van der Waals surface area contributed by atoms with Crippen molar-refractivity contribution < 1.29 is 14.3 Å². The van der Waals surface area contributed by atoms with Crippen molar-refractivity contribution in [3.8, 4) is 17.7 Å². The predicted molar refractivity (Wildman–Crippen MR) is 93.7 cm³/mol. The van der Waals surface area contributed by atoms with E-state index in [1.807, 2.05) is 24.6 Å². The quantitative estimate of drug-likeness (QED) is 0.300. The van der Waals surface area contributed by atoms with Gasteiger partial charge in [-0.3, -0.25) is 5.32 Å². The number of carbonyl (C=O) groups is 1. The van der Waals surface area contributed by atoms with Gasteiger partial charge in [0.2, 0.25) is 0 Å². The molecule has 2 aromatic carbocycles. The number of amidine groups is 1. The van der Waals surface area contributed by atoms with Gasteiger partial charge in [0, 0.05) is 0 Å². The molecule has 0 bridgehead atoms. The highest BCUT2D eigenvalue weighted by molar-refractivity contribution is 8.13. The zero-order valence-corrected chi connectivity index (χ0v) is 14.0. The van der Waals surface area contributed by atoms with Crippen molar-refractivity contribution in [2.45, 2.75) is 0 Å². The number of thioether (sulfide) groups is 1. The van der Waals surface area contributed by atoms with Crippen LogP contribution in [0.5, 0.6) is 11.5 Å². The third kappa shape index (κ3) is 4.51. The average Bonchev–Trinajstić information content (AvgIpc) is 2.62. The molecule has 0 saturated heterocycles. The highest BCUT2D eigenvalue weighted by Gasteiger charge is 2.08. The van der Waals surface area contributed by atoms with Crippen LogP contribution in [0.1, 0.15) is 10.4 Å². The van der Waals surface area contributed by atoms with Crippen LogP contribution in [-0.2, 0) is 4.74 Å². The predicted octanol–water partition coefficient (Wildman–Crippen LogP) is 3.69. The molecule has 0 radical (unpaired) electrons. The van der Waals surface area contributed by atoms with Gasteiger partial charge in [0.1, 0.15) is 11.4 Å². The van der Waals surface area contributed by atoms with Crippen LogP contribution in [0.3, 0.4) is 0 Å². The van der Waals surface area contributed by atoms with Crippen LogP contribution in [0.2, 0.25) is 0 Å². The van der Waals surface area contributed by atoms with Crippen molar-refractivity contribution in [2.75, 3.05) is 13.4 Å². The first-order chi connectivity index (χ1) is 11.7. The summed E-state index contributed by atoms with van der Waals surface area (Å²) in [6, 6.07) is 13.8. The molecule has 1 N–H and O–H groups in total. The second kappa shape index (κ2) is 8.60. The molecule has 0 saturated carbocycles. The highest BCUT2D eigenvalue weighted by Crippen LogP contribution is 2.32. The number of rotatable bonds is 4. The minimum absolute atomic E-state index is 0.404. The number of aliphatic imine (C=N–C) groups is 1. The van der Waals surface area contributed by atoms with E-state index in [4.69, 9.17) is 10.00 Å². The first kappa shape index (κ1) is 17.4. The molecule has 6 nitrogen and oxygen atoms in total. The molecule has 0 atom stereocenters. The number of ether oxygens (including phenoxy) is 2. The van der Waals surface area contributed by atoms with Crippen LogP contribution >= 0.6 is 11.8 Å². The summed E-state index contributed by atoms with van der Waals surface area (Å²) in [6.07, 6.45) is 3.66. The lowest BCUT2D eigenvalue weighted by Gasteiger charge is -2.09. The van der Waals surface area contributed by atoms with E-state index in [2.05, 4.69) is 15.0 Å². The summed E-state index contributed by atoms with van der Waals surface area (Å²) in [6.45, 7) is 0. The fraction of sp³-hybridized carbons (Fsp3) is 0.118. The fourth-order valence-electron chi connectivity index (χ4n) is 1.82. The molecule has 0 amide bonds. The Bertz CT molecular complexity index is 782. The number of nitriles is 1. The smallest absolute Gasteiger partial charge is 0.337 e. The van der Waals surface area contributed by atoms with Gasteiger partial charge in [0.05, 0.1) is 12.7 Å². The van der Waals surface area contributed by atoms with Gasteiger partial charge < -0.3 is 9.47 Å². The van der Waals surface area contributed by atoms with Gasteiger partial charge in [0.25, 0.3) is 0 Å². The molecular weight excluding hydrogens is 326 g/mol. The molecule has 7 heteroatoms. The number of nitrogens with one attached hydrogen (secondary N) is 1. The van der Waals surface area contributed by atoms with Crippen molar-refractivity contribution in [2.24, 2.45) is 4.99 Å². The lowest BCUT2D eigenvalue weighted by atomic mass is 10.2. The molecule has 24 heavy (non-hydrogen) atoms. The number of methoxy groups -OCH3 is 1. The van der Waals surface area contributed by atoms with E-state index in [1.54, 1.807) is 36.4 Å². The van der Waals surface area contributed by atoms with Crippen LogP contribution in [0.25, 0.3) is 0 Å². The van der Waals surface area contributed by atoms with E-state index < -0.39 is 5.97 Å². The molecule has 0 unspecified atom stereocenters. The van der Waals surface area contributed by atoms with Crippen LogP contribution < -0.4 is 10.1 Å². The summed E-state index contributed by atoms with van der Waals surface area (Å²) in [5, 5.41) is 11.7.